The number of hydrogen-bond acceptors (Lipinski definition) is 7. The molecule has 27 heavy (non-hydrogen) atoms. The fraction of sp³-hybridized carbons (Fsp3) is 0.632. The standard InChI is InChI=1S/C19H32FN7/c1-3-9-26(10-4-2)15-7-11-27(12-8-15)17-6-5-14(13-16(17)20)19(22)23-18(21)24-25-19/h5-6,13,15,25H,3-4,7-12,22H2,1-2H3,(H3,21,23,24). The number of hydrazine groups is 1. The molecule has 1 aromatic carbocycles. The maximum absolute atomic E-state index is 14.8. The second-order valence-corrected chi connectivity index (χ2v) is 7.43. The highest BCUT2D eigenvalue weighted by Gasteiger charge is 2.33. The summed E-state index contributed by atoms with van der Waals surface area (Å²) in [6.07, 6.45) is 4.47. The number of nitrogens with one attached hydrogen (secondary N) is 2. The van der Waals surface area contributed by atoms with Crippen molar-refractivity contribution in [3.8, 4) is 0 Å². The molecule has 2 heterocycles. The molecular weight excluding hydrogens is 345 g/mol. The van der Waals surface area contributed by atoms with Gasteiger partial charge >= 0.3 is 0 Å². The molecule has 0 aliphatic carbocycles. The van der Waals surface area contributed by atoms with Crippen LogP contribution in [0.4, 0.5) is 10.1 Å². The fourth-order valence-corrected chi connectivity index (χ4v) is 4.07. The topological polar surface area (TPSA) is 94.9 Å². The number of halogens is 1. The van der Waals surface area contributed by atoms with E-state index in [9.17, 15) is 4.39 Å². The number of nitrogens with two attached hydrogens (primary N) is 2. The summed E-state index contributed by atoms with van der Waals surface area (Å²) in [6.45, 7) is 8.47. The molecule has 2 aliphatic heterocycles. The monoisotopic (exact) mass is 377 g/mol. The Kier molecular flexibility index (Phi) is 6.18. The molecule has 6 N–H and O–H groups in total. The van der Waals surface area contributed by atoms with Crippen molar-refractivity contribution in [2.24, 2.45) is 16.5 Å². The summed E-state index contributed by atoms with van der Waals surface area (Å²) in [7, 11) is 0. The maximum Gasteiger partial charge on any atom is 0.209 e. The van der Waals surface area contributed by atoms with Gasteiger partial charge < -0.3 is 15.5 Å². The van der Waals surface area contributed by atoms with E-state index in [1.165, 1.54) is 18.9 Å². The van der Waals surface area contributed by atoms with Gasteiger partial charge in [0.05, 0.1) is 5.69 Å². The Morgan fingerprint density at radius 1 is 1.26 bits per heavy atom. The van der Waals surface area contributed by atoms with E-state index in [1.807, 2.05) is 6.07 Å². The van der Waals surface area contributed by atoms with Gasteiger partial charge in [-0.1, -0.05) is 19.9 Å². The van der Waals surface area contributed by atoms with E-state index >= 15 is 0 Å². The summed E-state index contributed by atoms with van der Waals surface area (Å²) in [6, 6.07) is 5.64. The summed E-state index contributed by atoms with van der Waals surface area (Å²) in [4.78, 5) is 8.83. The molecule has 0 radical (unpaired) electrons. The zero-order valence-electron chi connectivity index (χ0n) is 16.3. The number of guanidine groups is 1. The minimum Gasteiger partial charge on any atom is -0.369 e. The van der Waals surface area contributed by atoms with E-state index < -0.39 is 5.79 Å². The van der Waals surface area contributed by atoms with Crippen LogP contribution in [0.1, 0.15) is 45.1 Å². The first-order valence-corrected chi connectivity index (χ1v) is 9.93. The van der Waals surface area contributed by atoms with Crippen molar-refractivity contribution in [3.63, 3.8) is 0 Å². The van der Waals surface area contributed by atoms with Gasteiger partial charge in [-0.15, -0.1) is 0 Å². The second kappa shape index (κ2) is 8.41. The number of hydrogen-bond donors (Lipinski definition) is 4. The number of piperidine rings is 1. The van der Waals surface area contributed by atoms with Gasteiger partial charge in [0, 0.05) is 24.7 Å². The van der Waals surface area contributed by atoms with Crippen LogP contribution in [0.3, 0.4) is 0 Å². The molecule has 1 unspecified atom stereocenters. The molecule has 0 saturated carbocycles. The number of benzene rings is 1. The first-order chi connectivity index (χ1) is 13.0. The van der Waals surface area contributed by atoms with Gasteiger partial charge in [0.2, 0.25) is 11.7 Å². The molecule has 8 heteroatoms. The van der Waals surface area contributed by atoms with Gasteiger partial charge in [0.25, 0.3) is 0 Å². The number of nitrogens with zero attached hydrogens (tertiary/aromatic N) is 3. The molecule has 1 atom stereocenters. The van der Waals surface area contributed by atoms with Gasteiger partial charge in [0.1, 0.15) is 5.82 Å². The SMILES string of the molecule is CCCN(CCC)C1CCN(c2ccc(C3(N)N=C(N)NN3)cc2F)CC1. The lowest BCUT2D eigenvalue weighted by molar-refractivity contribution is 0.169. The predicted molar refractivity (Wildman–Crippen MR) is 108 cm³/mol. The average molecular weight is 378 g/mol. The van der Waals surface area contributed by atoms with Crippen LogP contribution in [0.25, 0.3) is 0 Å². The summed E-state index contributed by atoms with van der Waals surface area (Å²) in [5, 5.41) is 0. The third-order valence-corrected chi connectivity index (χ3v) is 5.41. The van der Waals surface area contributed by atoms with Crippen molar-refractivity contribution < 1.29 is 4.39 Å². The maximum atomic E-state index is 14.8. The first kappa shape index (κ1) is 19.9. The van der Waals surface area contributed by atoms with Gasteiger partial charge in [-0.3, -0.25) is 11.2 Å². The van der Waals surface area contributed by atoms with Crippen molar-refractivity contribution in [2.45, 2.75) is 51.4 Å². The molecule has 1 aromatic rings. The summed E-state index contributed by atoms with van der Waals surface area (Å²) >= 11 is 0. The van der Waals surface area contributed by atoms with Gasteiger partial charge in [-0.05, 0) is 50.9 Å². The molecule has 3 rings (SSSR count). The summed E-state index contributed by atoms with van der Waals surface area (Å²) in [5.41, 5.74) is 18.3. The Hall–Kier alpha value is -1.90. The number of aliphatic imine (C=N–C) groups is 1. The third kappa shape index (κ3) is 4.34. The van der Waals surface area contributed by atoms with E-state index in [4.69, 9.17) is 11.5 Å². The summed E-state index contributed by atoms with van der Waals surface area (Å²) < 4.78 is 14.8. The van der Waals surface area contributed by atoms with Crippen LogP contribution in [0, 0.1) is 5.82 Å². The lowest BCUT2D eigenvalue weighted by Crippen LogP contribution is -2.50. The van der Waals surface area contributed by atoms with E-state index in [-0.39, 0.29) is 11.8 Å². The van der Waals surface area contributed by atoms with Crippen LogP contribution < -0.4 is 27.2 Å². The van der Waals surface area contributed by atoms with Crippen molar-refractivity contribution >= 4 is 11.6 Å². The molecule has 150 valence electrons. The van der Waals surface area contributed by atoms with Crippen LogP contribution in [-0.2, 0) is 5.79 Å². The molecular formula is C19H32FN7. The molecule has 2 aliphatic rings. The van der Waals surface area contributed by atoms with E-state index in [1.54, 1.807) is 6.07 Å². The van der Waals surface area contributed by atoms with Gasteiger partial charge in [-0.25, -0.2) is 9.38 Å². The third-order valence-electron chi connectivity index (χ3n) is 5.41. The van der Waals surface area contributed by atoms with E-state index in [2.05, 4.69) is 39.5 Å². The quantitative estimate of drug-likeness (QED) is 0.574. The fourth-order valence-electron chi connectivity index (χ4n) is 4.07. The highest BCUT2D eigenvalue weighted by molar-refractivity contribution is 5.79. The van der Waals surface area contributed by atoms with Crippen molar-refractivity contribution in [1.29, 1.82) is 0 Å². The Balaban J connectivity index is 1.66. The first-order valence-electron chi connectivity index (χ1n) is 9.93. The lowest BCUT2D eigenvalue weighted by Gasteiger charge is -2.39. The van der Waals surface area contributed by atoms with Crippen LogP contribution in [0.5, 0.6) is 0 Å². The van der Waals surface area contributed by atoms with Crippen LogP contribution in [0.2, 0.25) is 0 Å². The Morgan fingerprint density at radius 2 is 1.93 bits per heavy atom. The molecule has 7 nitrogen and oxygen atoms in total. The zero-order chi connectivity index (χ0) is 19.4. The van der Waals surface area contributed by atoms with Crippen molar-refractivity contribution in [1.82, 2.24) is 15.8 Å². The van der Waals surface area contributed by atoms with Crippen LogP contribution in [-0.4, -0.2) is 43.1 Å². The highest BCUT2D eigenvalue weighted by Crippen LogP contribution is 2.29. The van der Waals surface area contributed by atoms with E-state index in [0.717, 1.165) is 39.0 Å². The van der Waals surface area contributed by atoms with E-state index in [0.29, 0.717) is 17.3 Å². The number of rotatable bonds is 7. The highest BCUT2D eigenvalue weighted by atomic mass is 19.1. The summed E-state index contributed by atoms with van der Waals surface area (Å²) in [5.74, 6) is -1.33. The average Bonchev–Trinajstić information content (AvgIpc) is 3.02. The van der Waals surface area contributed by atoms with Crippen LogP contribution in [0.15, 0.2) is 23.2 Å². The minimum atomic E-state index is -1.24. The largest absolute Gasteiger partial charge is 0.369 e. The normalized spacial score (nSPS) is 23.6. The number of anilines is 1. The molecule has 0 spiro atoms. The van der Waals surface area contributed by atoms with Gasteiger partial charge in [0.15, 0.2) is 0 Å². The molecule has 0 amide bonds. The molecule has 1 fully saturated rings. The molecule has 0 bridgehead atoms. The zero-order valence-corrected chi connectivity index (χ0v) is 16.3. The molecule has 0 aromatic heterocycles. The van der Waals surface area contributed by atoms with Gasteiger partial charge in [-0.2, -0.15) is 5.43 Å². The smallest absolute Gasteiger partial charge is 0.209 e. The Morgan fingerprint density at radius 3 is 2.44 bits per heavy atom. The van der Waals surface area contributed by atoms with Crippen molar-refractivity contribution in [3.05, 3.63) is 29.6 Å². The minimum absolute atomic E-state index is 0.188. The Labute approximate surface area is 160 Å². The second-order valence-electron chi connectivity index (χ2n) is 7.43. The Bertz CT molecular complexity index is 666. The van der Waals surface area contributed by atoms with Crippen LogP contribution >= 0.6 is 0 Å². The predicted octanol–water partition coefficient (Wildman–Crippen LogP) is 1.41. The lowest BCUT2D eigenvalue weighted by atomic mass is 10.0. The van der Waals surface area contributed by atoms with Crippen molar-refractivity contribution in [2.75, 3.05) is 31.1 Å². The molecule has 1 saturated heterocycles.